The zero-order chi connectivity index (χ0) is 16.6. The number of hydrogen-bond acceptors (Lipinski definition) is 4. The molecule has 7 nitrogen and oxygen atoms in total. The first-order valence-electron chi connectivity index (χ1n) is 6.52. The number of nitrogens with one attached hydrogen (secondary N) is 2. The van der Waals surface area contributed by atoms with Gasteiger partial charge in [-0.2, -0.15) is 23.3 Å². The van der Waals surface area contributed by atoms with Crippen LogP contribution in [0.2, 0.25) is 0 Å². The Morgan fingerprint density at radius 1 is 1.39 bits per heavy atom. The summed E-state index contributed by atoms with van der Waals surface area (Å²) in [6, 6.07) is 3.27. The lowest BCUT2D eigenvalue weighted by molar-refractivity contribution is -0.137. The Morgan fingerprint density at radius 3 is 2.91 bits per heavy atom. The second kappa shape index (κ2) is 5.38. The Kier molecular flexibility index (Phi) is 3.51. The van der Waals surface area contributed by atoms with Gasteiger partial charge in [-0.1, -0.05) is 6.07 Å². The van der Waals surface area contributed by atoms with E-state index in [4.69, 9.17) is 0 Å². The van der Waals surface area contributed by atoms with Crippen molar-refractivity contribution in [2.45, 2.75) is 18.6 Å². The standard InChI is InChI=1S/C13H10F3N5O2/c14-13(15,16)7-2-1-3-8(4-7)19-11(23)9-5-10(22)20-12-17-6-18-21(9)12/h1-4,6,9H,5H2,(H,19,23)(H,17,18,20,22). The summed E-state index contributed by atoms with van der Waals surface area (Å²) >= 11 is 0. The minimum atomic E-state index is -4.51. The van der Waals surface area contributed by atoms with Crippen LogP contribution < -0.4 is 10.6 Å². The van der Waals surface area contributed by atoms with Crippen molar-refractivity contribution < 1.29 is 22.8 Å². The lowest BCUT2D eigenvalue weighted by atomic mass is 10.1. The number of benzene rings is 1. The number of aromatic nitrogens is 3. The van der Waals surface area contributed by atoms with Crippen LogP contribution in [-0.2, 0) is 15.8 Å². The summed E-state index contributed by atoms with van der Waals surface area (Å²) in [5.74, 6) is -0.953. The molecule has 0 fully saturated rings. The largest absolute Gasteiger partial charge is 0.416 e. The maximum atomic E-state index is 12.7. The van der Waals surface area contributed by atoms with Gasteiger partial charge in [0.05, 0.1) is 12.0 Å². The van der Waals surface area contributed by atoms with Gasteiger partial charge in [-0.15, -0.1) is 0 Å². The smallest absolute Gasteiger partial charge is 0.324 e. The molecule has 1 aromatic carbocycles. The highest BCUT2D eigenvalue weighted by Gasteiger charge is 2.33. The number of anilines is 2. The van der Waals surface area contributed by atoms with Gasteiger partial charge in [0.25, 0.3) is 0 Å². The first-order chi connectivity index (χ1) is 10.8. The van der Waals surface area contributed by atoms with Gasteiger partial charge in [0, 0.05) is 5.69 Å². The zero-order valence-corrected chi connectivity index (χ0v) is 11.5. The Bertz CT molecular complexity index is 771. The molecule has 1 unspecified atom stereocenters. The summed E-state index contributed by atoms with van der Waals surface area (Å²) < 4.78 is 39.2. The highest BCUT2D eigenvalue weighted by atomic mass is 19.4. The Labute approximate surface area is 127 Å². The molecule has 120 valence electrons. The molecule has 0 aliphatic carbocycles. The van der Waals surface area contributed by atoms with Gasteiger partial charge in [-0.05, 0) is 18.2 Å². The van der Waals surface area contributed by atoms with Gasteiger partial charge < -0.3 is 5.32 Å². The number of rotatable bonds is 2. The van der Waals surface area contributed by atoms with Crippen molar-refractivity contribution >= 4 is 23.5 Å². The average Bonchev–Trinajstić information content (AvgIpc) is 2.93. The summed E-state index contributed by atoms with van der Waals surface area (Å²) in [7, 11) is 0. The van der Waals surface area contributed by atoms with Crippen LogP contribution in [0.15, 0.2) is 30.6 Å². The molecule has 23 heavy (non-hydrogen) atoms. The van der Waals surface area contributed by atoms with Crippen LogP contribution in [0.5, 0.6) is 0 Å². The third-order valence-corrected chi connectivity index (χ3v) is 3.26. The number of hydrogen-bond donors (Lipinski definition) is 2. The summed E-state index contributed by atoms with van der Waals surface area (Å²) in [4.78, 5) is 27.6. The number of halogens is 3. The van der Waals surface area contributed by atoms with Crippen LogP contribution in [0.3, 0.4) is 0 Å². The third kappa shape index (κ3) is 3.00. The Morgan fingerprint density at radius 2 is 2.17 bits per heavy atom. The summed E-state index contributed by atoms with van der Waals surface area (Å²) in [6.07, 6.45) is -3.52. The van der Waals surface area contributed by atoms with Crippen LogP contribution in [0, 0.1) is 0 Å². The van der Waals surface area contributed by atoms with Crippen molar-refractivity contribution in [1.29, 1.82) is 0 Å². The molecule has 0 spiro atoms. The van der Waals surface area contributed by atoms with E-state index in [9.17, 15) is 22.8 Å². The summed E-state index contributed by atoms with van der Waals surface area (Å²) in [5, 5.41) is 8.65. The van der Waals surface area contributed by atoms with E-state index < -0.39 is 29.6 Å². The van der Waals surface area contributed by atoms with Crippen molar-refractivity contribution in [3.8, 4) is 0 Å². The van der Waals surface area contributed by atoms with E-state index in [1.807, 2.05) is 0 Å². The molecule has 1 aromatic heterocycles. The van der Waals surface area contributed by atoms with E-state index in [1.165, 1.54) is 23.1 Å². The minimum Gasteiger partial charge on any atom is -0.324 e. The van der Waals surface area contributed by atoms with E-state index in [1.54, 1.807) is 0 Å². The highest BCUT2D eigenvalue weighted by molar-refractivity contribution is 6.00. The van der Waals surface area contributed by atoms with E-state index >= 15 is 0 Å². The first-order valence-corrected chi connectivity index (χ1v) is 6.52. The molecule has 2 N–H and O–H groups in total. The van der Waals surface area contributed by atoms with Crippen molar-refractivity contribution in [3.63, 3.8) is 0 Å². The molecule has 3 rings (SSSR count). The molecule has 0 bridgehead atoms. The van der Waals surface area contributed by atoms with Gasteiger partial charge in [-0.25, -0.2) is 4.68 Å². The predicted octanol–water partition coefficient (Wildman–Crippen LogP) is 1.82. The Balaban J connectivity index is 1.82. The molecule has 10 heteroatoms. The molecule has 1 aliphatic rings. The molecule has 1 aliphatic heterocycles. The monoisotopic (exact) mass is 325 g/mol. The number of alkyl halides is 3. The molecule has 0 saturated heterocycles. The van der Waals surface area contributed by atoms with Gasteiger partial charge in [0.1, 0.15) is 12.4 Å². The van der Waals surface area contributed by atoms with E-state index in [-0.39, 0.29) is 18.1 Å². The van der Waals surface area contributed by atoms with Crippen LogP contribution >= 0.6 is 0 Å². The number of nitrogens with zero attached hydrogens (tertiary/aromatic N) is 3. The maximum Gasteiger partial charge on any atom is 0.416 e. The number of fused-ring (bicyclic) bond motifs is 1. The fraction of sp³-hybridized carbons (Fsp3) is 0.231. The SMILES string of the molecule is O=C1CC(C(=O)Nc2cccc(C(F)(F)F)c2)n2ncnc2N1. The topological polar surface area (TPSA) is 88.9 Å². The molecule has 0 saturated carbocycles. The average molecular weight is 325 g/mol. The molecule has 2 amide bonds. The van der Waals surface area contributed by atoms with Gasteiger partial charge >= 0.3 is 6.18 Å². The van der Waals surface area contributed by atoms with Crippen LogP contribution in [0.1, 0.15) is 18.0 Å². The third-order valence-electron chi connectivity index (χ3n) is 3.26. The van der Waals surface area contributed by atoms with E-state index in [0.717, 1.165) is 12.1 Å². The number of carbonyl (C=O) groups is 2. The summed E-state index contributed by atoms with van der Waals surface area (Å²) in [6.45, 7) is 0. The molecule has 1 atom stereocenters. The highest BCUT2D eigenvalue weighted by Crippen LogP contribution is 2.31. The van der Waals surface area contributed by atoms with E-state index in [2.05, 4.69) is 20.7 Å². The Hall–Kier alpha value is -2.91. The fourth-order valence-electron chi connectivity index (χ4n) is 2.21. The van der Waals surface area contributed by atoms with Crippen molar-refractivity contribution in [3.05, 3.63) is 36.2 Å². The lowest BCUT2D eigenvalue weighted by Crippen LogP contribution is -2.36. The van der Waals surface area contributed by atoms with Crippen LogP contribution in [0.25, 0.3) is 0 Å². The van der Waals surface area contributed by atoms with Gasteiger partial charge in [-0.3, -0.25) is 14.9 Å². The second-order valence-corrected chi connectivity index (χ2v) is 4.86. The normalized spacial score (nSPS) is 17.3. The predicted molar refractivity (Wildman–Crippen MR) is 72.4 cm³/mol. The first kappa shape index (κ1) is 15.0. The van der Waals surface area contributed by atoms with Crippen molar-refractivity contribution in [1.82, 2.24) is 14.8 Å². The van der Waals surface area contributed by atoms with Crippen LogP contribution in [-0.4, -0.2) is 26.6 Å². The maximum absolute atomic E-state index is 12.7. The summed E-state index contributed by atoms with van der Waals surface area (Å²) in [5.41, 5.74) is -0.893. The molecule has 0 radical (unpaired) electrons. The van der Waals surface area contributed by atoms with Gasteiger partial charge in [0.2, 0.25) is 17.8 Å². The molecular weight excluding hydrogens is 315 g/mol. The minimum absolute atomic E-state index is 0.0162. The second-order valence-electron chi connectivity index (χ2n) is 4.86. The number of amides is 2. The number of carbonyl (C=O) groups excluding carboxylic acids is 2. The van der Waals surface area contributed by atoms with Crippen LogP contribution in [0.4, 0.5) is 24.8 Å². The lowest BCUT2D eigenvalue weighted by Gasteiger charge is -2.22. The zero-order valence-electron chi connectivity index (χ0n) is 11.5. The fourth-order valence-corrected chi connectivity index (χ4v) is 2.21. The molecular formula is C13H10F3N5O2. The van der Waals surface area contributed by atoms with Gasteiger partial charge in [0.15, 0.2) is 0 Å². The van der Waals surface area contributed by atoms with Crippen molar-refractivity contribution in [2.75, 3.05) is 10.6 Å². The van der Waals surface area contributed by atoms with Crippen molar-refractivity contribution in [2.24, 2.45) is 0 Å². The molecule has 2 aromatic rings. The quantitative estimate of drug-likeness (QED) is 0.881. The van der Waals surface area contributed by atoms with E-state index in [0.29, 0.717) is 0 Å². The molecule has 2 heterocycles.